The van der Waals surface area contributed by atoms with Gasteiger partial charge in [-0.25, -0.2) is 0 Å². The third-order valence-corrected chi connectivity index (χ3v) is 18.1. The lowest BCUT2D eigenvalue weighted by Crippen LogP contribution is -2.66. The topological polar surface area (TPSA) is 307 Å². The first kappa shape index (κ1) is 86.9. The molecular formula is C77H133NO18. The number of ether oxygens (including phenoxy) is 6. The Morgan fingerprint density at radius 3 is 1.17 bits per heavy atom. The van der Waals surface area contributed by atoms with Gasteiger partial charge in [0.2, 0.25) is 5.91 Å². The number of amides is 1. The van der Waals surface area contributed by atoms with Gasteiger partial charge >= 0.3 is 0 Å². The fraction of sp³-hybridized carbons (Fsp3) is 0.779. The number of nitrogens with one attached hydrogen (secondary N) is 1. The molecule has 17 unspecified atom stereocenters. The zero-order valence-electron chi connectivity index (χ0n) is 58.8. The van der Waals surface area contributed by atoms with Gasteiger partial charge in [0.15, 0.2) is 18.9 Å². The molecule has 17 atom stereocenters. The molecule has 0 aromatic rings. The normalized spacial score (nSPS) is 27.6. The number of aliphatic hydroxyl groups is 11. The summed E-state index contributed by atoms with van der Waals surface area (Å²) < 4.78 is 34.4. The van der Waals surface area contributed by atoms with Crippen molar-refractivity contribution in [3.63, 3.8) is 0 Å². The van der Waals surface area contributed by atoms with E-state index in [9.17, 15) is 61.0 Å². The molecule has 19 heteroatoms. The molecule has 3 aliphatic heterocycles. The van der Waals surface area contributed by atoms with Gasteiger partial charge in [0.25, 0.3) is 0 Å². The molecule has 12 N–H and O–H groups in total. The van der Waals surface area contributed by atoms with E-state index in [2.05, 4.69) is 104 Å². The maximum absolute atomic E-state index is 13.4. The Bertz CT molecular complexity index is 2110. The molecule has 1 amide bonds. The number of carbonyl (C=O) groups excluding carboxylic acids is 1. The molecule has 3 aliphatic rings. The minimum Gasteiger partial charge on any atom is -0.394 e. The monoisotopic (exact) mass is 1360 g/mol. The summed E-state index contributed by atoms with van der Waals surface area (Å²) in [5.41, 5.74) is 0. The minimum atomic E-state index is -1.99. The molecule has 554 valence electrons. The van der Waals surface area contributed by atoms with Gasteiger partial charge in [0.1, 0.15) is 73.2 Å². The number of hydrogen-bond donors (Lipinski definition) is 12. The van der Waals surface area contributed by atoms with E-state index in [0.29, 0.717) is 12.8 Å². The number of allylic oxidation sites excluding steroid dienone is 15. The Balaban J connectivity index is 1.42. The average molecular weight is 1360 g/mol. The van der Waals surface area contributed by atoms with Crippen LogP contribution in [0.1, 0.15) is 251 Å². The van der Waals surface area contributed by atoms with Gasteiger partial charge in [0.05, 0.1) is 38.6 Å². The van der Waals surface area contributed by atoms with Crippen molar-refractivity contribution in [1.29, 1.82) is 0 Å². The van der Waals surface area contributed by atoms with Gasteiger partial charge in [0, 0.05) is 6.42 Å². The van der Waals surface area contributed by atoms with Crippen molar-refractivity contribution >= 4 is 5.91 Å². The van der Waals surface area contributed by atoms with E-state index in [0.717, 1.165) is 89.9 Å². The third kappa shape index (κ3) is 37.9. The number of hydrogen-bond acceptors (Lipinski definition) is 18. The van der Waals surface area contributed by atoms with Crippen molar-refractivity contribution in [3.8, 4) is 0 Å². The van der Waals surface area contributed by atoms with Crippen LogP contribution in [0.4, 0.5) is 0 Å². The van der Waals surface area contributed by atoms with Crippen LogP contribution in [0.2, 0.25) is 0 Å². The molecule has 19 nitrogen and oxygen atoms in total. The highest BCUT2D eigenvalue weighted by molar-refractivity contribution is 5.76. The average Bonchev–Trinajstić information content (AvgIpc) is 0.787. The second kappa shape index (κ2) is 57.3. The van der Waals surface area contributed by atoms with Crippen LogP contribution in [0, 0.1) is 0 Å². The third-order valence-electron chi connectivity index (χ3n) is 18.1. The van der Waals surface area contributed by atoms with Crippen LogP contribution >= 0.6 is 0 Å². The number of aliphatic hydroxyl groups excluding tert-OH is 11. The van der Waals surface area contributed by atoms with E-state index in [1.54, 1.807) is 6.08 Å². The largest absolute Gasteiger partial charge is 0.394 e. The van der Waals surface area contributed by atoms with Gasteiger partial charge in [-0.1, -0.05) is 259 Å². The lowest BCUT2D eigenvalue weighted by Gasteiger charge is -2.48. The molecule has 0 radical (unpaired) electrons. The van der Waals surface area contributed by atoms with Gasteiger partial charge in [-0.2, -0.15) is 0 Å². The predicted octanol–water partition coefficient (Wildman–Crippen LogP) is 11.2. The number of carbonyl (C=O) groups is 1. The van der Waals surface area contributed by atoms with Crippen LogP contribution in [0.3, 0.4) is 0 Å². The second-order valence-corrected chi connectivity index (χ2v) is 26.4. The van der Waals surface area contributed by atoms with Crippen molar-refractivity contribution < 1.29 is 89.4 Å². The predicted molar refractivity (Wildman–Crippen MR) is 378 cm³/mol. The highest BCUT2D eigenvalue weighted by Crippen LogP contribution is 2.33. The highest BCUT2D eigenvalue weighted by Gasteiger charge is 2.53. The van der Waals surface area contributed by atoms with Crippen molar-refractivity contribution in [2.24, 2.45) is 0 Å². The van der Waals surface area contributed by atoms with Gasteiger partial charge in [-0.05, 0) is 83.5 Å². The summed E-state index contributed by atoms with van der Waals surface area (Å²) in [6.45, 7) is 1.61. The quantitative estimate of drug-likeness (QED) is 0.0199. The van der Waals surface area contributed by atoms with Gasteiger partial charge in [-0.15, -0.1) is 0 Å². The summed E-state index contributed by atoms with van der Waals surface area (Å²) in [6, 6.07) is -1.000. The Morgan fingerprint density at radius 1 is 0.385 bits per heavy atom. The second-order valence-electron chi connectivity index (χ2n) is 26.4. The van der Waals surface area contributed by atoms with Crippen molar-refractivity contribution in [3.05, 3.63) is 97.2 Å². The minimum absolute atomic E-state index is 0.225. The molecule has 0 spiro atoms. The summed E-state index contributed by atoms with van der Waals surface area (Å²) in [4.78, 5) is 13.4. The Morgan fingerprint density at radius 2 is 0.729 bits per heavy atom. The molecule has 3 rings (SSSR count). The molecule has 3 fully saturated rings. The van der Waals surface area contributed by atoms with E-state index in [-0.39, 0.29) is 18.9 Å². The molecule has 0 aromatic heterocycles. The van der Waals surface area contributed by atoms with Gasteiger partial charge in [-0.3, -0.25) is 4.79 Å². The van der Waals surface area contributed by atoms with Crippen molar-refractivity contribution in [1.82, 2.24) is 5.32 Å². The Kier molecular flexibility index (Phi) is 51.9. The number of unbranched alkanes of at least 4 members (excludes halogenated alkanes) is 27. The standard InChI is InChI=1S/C77H133NO18/c1-3-5-7-9-11-13-15-17-19-21-23-25-27-28-29-30-31-32-33-35-37-39-41-43-45-47-49-51-53-55-65(83)78-60(61(82)54-52-50-48-46-44-42-40-38-36-34-26-24-22-20-18-16-14-12-10-8-6-4-2)59-91-75-71(89)68(86)73(63(57-80)93-75)96-77-72(90)69(87)74(64(58-81)94-77)95-76-70(88)67(85)66(84)62(56-79)92-76/h5,7,11,13,17,19,23,25,28-29,31-32,44,46,52,54,60-64,66-77,79-82,84-90H,3-4,6,8-10,12,14-16,18,20-22,24,26-27,30,33-43,45,47-51,53,55-59H2,1-2H3,(H,78,83)/b7-5-,13-11-,19-17-,25-23-,29-28-,32-31-,46-44+,54-52+. The van der Waals surface area contributed by atoms with E-state index < -0.39 is 124 Å². The molecule has 96 heavy (non-hydrogen) atoms. The first-order valence-corrected chi connectivity index (χ1v) is 37.5. The van der Waals surface area contributed by atoms with Crippen molar-refractivity contribution in [2.45, 2.75) is 356 Å². The molecular weight excluding hydrogens is 1230 g/mol. The Labute approximate surface area is 577 Å². The summed E-state index contributed by atoms with van der Waals surface area (Å²) in [6.07, 6.45) is 49.5. The van der Waals surface area contributed by atoms with E-state index in [1.807, 2.05) is 6.08 Å². The van der Waals surface area contributed by atoms with Crippen LogP contribution in [-0.4, -0.2) is 193 Å². The fourth-order valence-electron chi connectivity index (χ4n) is 12.1. The Hall–Kier alpha value is -3.29. The lowest BCUT2D eigenvalue weighted by molar-refractivity contribution is -0.379. The zero-order valence-corrected chi connectivity index (χ0v) is 58.8. The summed E-state index contributed by atoms with van der Waals surface area (Å²) in [5, 5.41) is 121. The first-order valence-electron chi connectivity index (χ1n) is 37.5. The first-order chi connectivity index (χ1) is 46.8. The molecule has 0 saturated carbocycles. The van der Waals surface area contributed by atoms with Crippen LogP contribution in [0.5, 0.6) is 0 Å². The van der Waals surface area contributed by atoms with Crippen LogP contribution in [0.15, 0.2) is 97.2 Å². The molecule has 0 aromatic carbocycles. The molecule has 0 aliphatic carbocycles. The molecule has 3 heterocycles. The van der Waals surface area contributed by atoms with Crippen LogP contribution < -0.4 is 5.32 Å². The van der Waals surface area contributed by atoms with Crippen molar-refractivity contribution in [2.75, 3.05) is 26.4 Å². The SMILES string of the molecule is CC/C=C\C/C=C\C/C=C\C/C=C\C/C=C\C/C=C\CCCCCCCCCCCCC(=O)NC(COC1OC(CO)C(OC2OC(CO)C(OC3OC(CO)C(O)C(O)C3O)C(O)C2O)C(O)C1O)C(O)/C=C/CC/C=C/CCCCCCCCCCCCCCCCCC. The van der Waals surface area contributed by atoms with Gasteiger partial charge < -0.3 is 89.9 Å². The number of rotatable bonds is 57. The summed E-state index contributed by atoms with van der Waals surface area (Å²) in [5.74, 6) is -0.292. The molecule has 0 bridgehead atoms. The maximum atomic E-state index is 13.4. The zero-order chi connectivity index (χ0) is 69.6. The summed E-state index contributed by atoms with van der Waals surface area (Å²) in [7, 11) is 0. The fourth-order valence-corrected chi connectivity index (χ4v) is 12.1. The smallest absolute Gasteiger partial charge is 0.220 e. The van der Waals surface area contributed by atoms with E-state index >= 15 is 0 Å². The summed E-state index contributed by atoms with van der Waals surface area (Å²) >= 11 is 0. The molecule has 3 saturated heterocycles. The maximum Gasteiger partial charge on any atom is 0.220 e. The van der Waals surface area contributed by atoms with Crippen LogP contribution in [-0.2, 0) is 33.2 Å². The highest BCUT2D eigenvalue weighted by atomic mass is 16.8. The van der Waals surface area contributed by atoms with Crippen LogP contribution in [0.25, 0.3) is 0 Å². The van der Waals surface area contributed by atoms with E-state index in [4.69, 9.17) is 28.4 Å². The van der Waals surface area contributed by atoms with E-state index in [1.165, 1.54) is 128 Å². The lowest BCUT2D eigenvalue weighted by atomic mass is 9.96.